The molecule has 0 bridgehead atoms. The van der Waals surface area contributed by atoms with Crippen LogP contribution in [0.4, 0.5) is 0 Å². The summed E-state index contributed by atoms with van der Waals surface area (Å²) >= 11 is 0. The molecule has 1 saturated carbocycles. The fourth-order valence-electron chi connectivity index (χ4n) is 2.94. The Morgan fingerprint density at radius 1 is 1.16 bits per heavy atom. The van der Waals surface area contributed by atoms with Crippen molar-refractivity contribution in [1.82, 2.24) is 0 Å². The molecule has 104 valence electrons. The third kappa shape index (κ3) is 2.55. The number of aryl methyl sites for hydroxylation is 1. The maximum absolute atomic E-state index is 12.2. The Hall–Kier alpha value is -0.910. The van der Waals surface area contributed by atoms with E-state index in [1.165, 1.54) is 0 Å². The molecule has 2 fully saturated rings. The van der Waals surface area contributed by atoms with Gasteiger partial charge >= 0.3 is 0 Å². The lowest BCUT2D eigenvalue weighted by Gasteiger charge is -2.18. The average molecular weight is 282 g/mol. The number of hydrogen-bond acceptors (Lipinski definition) is 4. The van der Waals surface area contributed by atoms with Crippen molar-refractivity contribution in [3.63, 3.8) is 0 Å². The summed E-state index contributed by atoms with van der Waals surface area (Å²) in [6.07, 6.45) is 2.42. The Kier molecular flexibility index (Phi) is 3.37. The molecule has 1 aromatic rings. The van der Waals surface area contributed by atoms with E-state index in [1.54, 1.807) is 24.3 Å². The molecule has 0 amide bonds. The highest BCUT2D eigenvalue weighted by Gasteiger charge is 2.43. The van der Waals surface area contributed by atoms with Crippen LogP contribution in [0.5, 0.6) is 0 Å². The quantitative estimate of drug-likeness (QED) is 0.798. The Bertz CT molecular complexity index is 549. The molecule has 0 N–H and O–H groups in total. The molecule has 0 unspecified atom stereocenters. The van der Waals surface area contributed by atoms with Gasteiger partial charge in [0.05, 0.1) is 11.0 Å². The Balaban J connectivity index is 1.76. The van der Waals surface area contributed by atoms with E-state index in [0.717, 1.165) is 31.4 Å². The summed E-state index contributed by atoms with van der Waals surface area (Å²) < 4.78 is 35.4. The van der Waals surface area contributed by atoms with E-state index >= 15 is 0 Å². The third-order valence-corrected chi connectivity index (χ3v) is 5.36. The topological polar surface area (TPSA) is 52.6 Å². The molecule has 1 aliphatic carbocycles. The lowest BCUT2D eigenvalue weighted by molar-refractivity contribution is 0.0224. The summed E-state index contributed by atoms with van der Waals surface area (Å²) in [6, 6.07) is 6.73. The zero-order valence-corrected chi connectivity index (χ0v) is 11.7. The van der Waals surface area contributed by atoms with Crippen molar-refractivity contribution in [1.29, 1.82) is 0 Å². The first-order valence-electron chi connectivity index (χ1n) is 6.68. The molecule has 4 nitrogen and oxygen atoms in total. The van der Waals surface area contributed by atoms with E-state index in [1.807, 2.05) is 6.92 Å². The van der Waals surface area contributed by atoms with Crippen LogP contribution in [0, 0.1) is 12.8 Å². The minimum atomic E-state index is -3.68. The van der Waals surface area contributed by atoms with Crippen LogP contribution in [0.2, 0.25) is 0 Å². The summed E-state index contributed by atoms with van der Waals surface area (Å²) in [5.41, 5.74) is 1.03. The molecule has 0 aromatic heterocycles. The summed E-state index contributed by atoms with van der Waals surface area (Å²) in [6.45, 7) is 2.64. The molecular formula is C14H18O4S. The van der Waals surface area contributed by atoms with E-state index in [9.17, 15) is 8.42 Å². The molecular weight excluding hydrogens is 264 g/mol. The highest BCUT2D eigenvalue weighted by molar-refractivity contribution is 7.86. The second-order valence-electron chi connectivity index (χ2n) is 5.36. The number of benzene rings is 1. The Morgan fingerprint density at radius 3 is 2.63 bits per heavy atom. The van der Waals surface area contributed by atoms with Crippen LogP contribution in [0.3, 0.4) is 0 Å². The van der Waals surface area contributed by atoms with Crippen molar-refractivity contribution in [3.05, 3.63) is 29.8 Å². The molecule has 0 radical (unpaired) electrons. The smallest absolute Gasteiger partial charge is 0.297 e. The second kappa shape index (κ2) is 4.89. The van der Waals surface area contributed by atoms with Gasteiger partial charge in [-0.2, -0.15) is 8.42 Å². The van der Waals surface area contributed by atoms with Crippen molar-refractivity contribution in [3.8, 4) is 0 Å². The molecule has 2 aliphatic rings. The Labute approximate surface area is 113 Å². The first-order valence-corrected chi connectivity index (χ1v) is 8.09. The normalized spacial score (nSPS) is 30.5. The highest BCUT2D eigenvalue weighted by atomic mass is 32.2. The third-order valence-electron chi connectivity index (χ3n) is 4.01. The van der Waals surface area contributed by atoms with E-state index in [-0.39, 0.29) is 17.1 Å². The molecule has 3 rings (SSSR count). The van der Waals surface area contributed by atoms with Crippen LogP contribution in [0.15, 0.2) is 29.2 Å². The maximum atomic E-state index is 12.2. The summed E-state index contributed by atoms with van der Waals surface area (Å²) in [7, 11) is -3.68. The Morgan fingerprint density at radius 2 is 1.89 bits per heavy atom. The van der Waals surface area contributed by atoms with Crippen molar-refractivity contribution in [2.75, 3.05) is 6.61 Å². The zero-order chi connectivity index (χ0) is 13.5. The summed E-state index contributed by atoms with van der Waals surface area (Å²) in [5.74, 6) is 0.471. The summed E-state index contributed by atoms with van der Waals surface area (Å²) in [4.78, 5) is 0.222. The van der Waals surface area contributed by atoms with E-state index in [2.05, 4.69) is 0 Å². The number of ether oxygens (including phenoxy) is 1. The fourth-order valence-corrected chi connectivity index (χ4v) is 4.06. The highest BCUT2D eigenvalue weighted by Crippen LogP contribution is 2.38. The SMILES string of the molecule is Cc1ccc(S(=O)(=O)O[C@H]2CC[C@H]3CCO[C@H]32)cc1. The predicted octanol–water partition coefficient (Wildman–Crippen LogP) is 2.27. The number of hydrogen-bond donors (Lipinski definition) is 0. The molecule has 5 heteroatoms. The molecule has 0 spiro atoms. The average Bonchev–Trinajstić information content (AvgIpc) is 2.95. The molecule has 1 aliphatic heterocycles. The van der Waals surface area contributed by atoms with Gasteiger partial charge in [-0.25, -0.2) is 0 Å². The molecule has 1 saturated heterocycles. The van der Waals surface area contributed by atoms with E-state index in [4.69, 9.17) is 8.92 Å². The summed E-state index contributed by atoms with van der Waals surface area (Å²) in [5, 5.41) is 0. The van der Waals surface area contributed by atoms with Crippen molar-refractivity contribution >= 4 is 10.1 Å². The van der Waals surface area contributed by atoms with Gasteiger partial charge in [0.25, 0.3) is 10.1 Å². The molecule has 1 aromatic carbocycles. The van der Waals surface area contributed by atoms with Gasteiger partial charge in [0.1, 0.15) is 6.10 Å². The largest absolute Gasteiger partial charge is 0.375 e. The lowest BCUT2D eigenvalue weighted by atomic mass is 10.1. The monoisotopic (exact) mass is 282 g/mol. The van der Waals surface area contributed by atoms with Crippen molar-refractivity contribution in [2.45, 2.75) is 43.3 Å². The van der Waals surface area contributed by atoms with Gasteiger partial charge in [-0.05, 0) is 44.2 Å². The standard InChI is InChI=1S/C14H18O4S/c1-10-2-5-12(6-3-10)19(15,16)18-13-7-4-11-8-9-17-14(11)13/h2-3,5-6,11,13-14H,4,7-9H2,1H3/t11-,13-,14+/m0/s1. The fraction of sp³-hybridized carbons (Fsp3) is 0.571. The number of rotatable bonds is 3. The van der Waals surface area contributed by atoms with Crippen LogP contribution < -0.4 is 0 Å². The van der Waals surface area contributed by atoms with Crippen molar-refractivity contribution < 1.29 is 17.3 Å². The molecule has 19 heavy (non-hydrogen) atoms. The lowest BCUT2D eigenvalue weighted by Crippen LogP contribution is -2.28. The molecule has 1 heterocycles. The maximum Gasteiger partial charge on any atom is 0.297 e. The van der Waals surface area contributed by atoms with Gasteiger partial charge in [0, 0.05) is 6.61 Å². The first kappa shape index (κ1) is 13.1. The van der Waals surface area contributed by atoms with E-state index < -0.39 is 10.1 Å². The first-order chi connectivity index (χ1) is 9.06. The van der Waals surface area contributed by atoms with Crippen LogP contribution in [0.1, 0.15) is 24.8 Å². The minimum absolute atomic E-state index is 0.0415. The van der Waals surface area contributed by atoms with Crippen molar-refractivity contribution in [2.24, 2.45) is 5.92 Å². The van der Waals surface area contributed by atoms with Gasteiger partial charge in [-0.15, -0.1) is 0 Å². The van der Waals surface area contributed by atoms with Gasteiger partial charge in [-0.1, -0.05) is 17.7 Å². The van der Waals surface area contributed by atoms with E-state index in [0.29, 0.717) is 5.92 Å². The van der Waals surface area contributed by atoms with Gasteiger partial charge in [0.15, 0.2) is 0 Å². The predicted molar refractivity (Wildman–Crippen MR) is 70.3 cm³/mol. The number of fused-ring (bicyclic) bond motifs is 1. The van der Waals surface area contributed by atoms with Crippen LogP contribution in [0.25, 0.3) is 0 Å². The zero-order valence-electron chi connectivity index (χ0n) is 10.9. The van der Waals surface area contributed by atoms with Crippen LogP contribution in [-0.2, 0) is 19.0 Å². The van der Waals surface area contributed by atoms with Gasteiger partial charge in [0.2, 0.25) is 0 Å². The van der Waals surface area contributed by atoms with Gasteiger partial charge < -0.3 is 4.74 Å². The minimum Gasteiger partial charge on any atom is -0.375 e. The van der Waals surface area contributed by atoms with Crippen LogP contribution in [-0.4, -0.2) is 27.2 Å². The molecule has 3 atom stereocenters. The second-order valence-corrected chi connectivity index (χ2v) is 6.94. The van der Waals surface area contributed by atoms with Gasteiger partial charge in [-0.3, -0.25) is 4.18 Å². The van der Waals surface area contributed by atoms with Crippen LogP contribution >= 0.6 is 0 Å².